The Kier molecular flexibility index (Phi) is 12.6. The van der Waals surface area contributed by atoms with Crippen molar-refractivity contribution in [3.63, 3.8) is 0 Å². The first kappa shape index (κ1) is 46.4. The predicted octanol–water partition coefficient (Wildman–Crippen LogP) is 16.1. The maximum absolute atomic E-state index is 6.63. The van der Waals surface area contributed by atoms with Crippen molar-refractivity contribution in [2.75, 3.05) is 10.2 Å². The fourth-order valence-corrected chi connectivity index (χ4v) is 8.00. The second-order valence-electron chi connectivity index (χ2n) is 21.0. The first-order chi connectivity index (χ1) is 29.6. The number of anilines is 4. The van der Waals surface area contributed by atoms with E-state index in [1.807, 2.05) is 41.4 Å². The molecule has 5 nitrogen and oxygen atoms in total. The van der Waals surface area contributed by atoms with E-state index in [1.54, 1.807) is 0 Å². The molecule has 8 rings (SSSR count). The van der Waals surface area contributed by atoms with Crippen LogP contribution in [0.15, 0.2) is 134 Å². The molecule has 0 saturated carbocycles. The smallest absolute Gasteiger partial charge is 0.135 e. The van der Waals surface area contributed by atoms with E-state index in [0.29, 0.717) is 11.5 Å². The number of rotatable bonds is 8. The fourth-order valence-electron chi connectivity index (χ4n) is 8.00. The van der Waals surface area contributed by atoms with Crippen LogP contribution in [0.3, 0.4) is 0 Å². The van der Waals surface area contributed by atoms with Gasteiger partial charge in [0.05, 0.1) is 5.69 Å². The summed E-state index contributed by atoms with van der Waals surface area (Å²) in [6.45, 7) is 27.1. The minimum Gasteiger partial charge on any atom is -0.516 e. The van der Waals surface area contributed by atoms with Crippen molar-refractivity contribution in [3.05, 3.63) is 175 Å². The first-order valence-electron chi connectivity index (χ1n) is 22.0. The molecular formula is C58H61N4OPt-3. The second kappa shape index (κ2) is 17.4. The molecule has 332 valence electrons. The number of ether oxygens (including phenoxy) is 1. The second-order valence-corrected chi connectivity index (χ2v) is 21.0. The molecule has 64 heavy (non-hydrogen) atoms. The summed E-state index contributed by atoms with van der Waals surface area (Å²) in [5.41, 5.74) is 12.8. The van der Waals surface area contributed by atoms with Gasteiger partial charge in [0.15, 0.2) is 0 Å². The Morgan fingerprint density at radius 3 is 1.86 bits per heavy atom. The summed E-state index contributed by atoms with van der Waals surface area (Å²) >= 11 is 0. The average Bonchev–Trinajstić information content (AvgIpc) is 3.55. The third-order valence-corrected chi connectivity index (χ3v) is 12.0. The van der Waals surface area contributed by atoms with Gasteiger partial charge in [0.25, 0.3) is 0 Å². The molecule has 6 aromatic carbocycles. The Morgan fingerprint density at radius 2 is 1.20 bits per heavy atom. The van der Waals surface area contributed by atoms with Crippen LogP contribution in [0.1, 0.15) is 105 Å². The van der Waals surface area contributed by atoms with E-state index in [0.717, 1.165) is 61.5 Å². The fraction of sp³-hybridized carbons (Fsp3) is 0.276. The monoisotopic (exact) mass is 1020 g/mol. The van der Waals surface area contributed by atoms with Gasteiger partial charge in [-0.05, 0) is 103 Å². The molecular weight excluding hydrogens is 964 g/mol. The SMILES string of the molecule is [CH2-]N(c1[c-]c(Oc2[c-]c3c(cc2)c2cc(C(C)(C)C)ccc2n3-c2cc(C(C)(C)C)ccn2)ccc1)c1ccc(-c2ccccc2)cc1Nc1cc(C(C)(C)C)cc(C(C)(C)C)c1.[Pt]. The van der Waals surface area contributed by atoms with Gasteiger partial charge in [0, 0.05) is 55.7 Å². The summed E-state index contributed by atoms with van der Waals surface area (Å²) in [5.74, 6) is 2.00. The standard InChI is InChI=1S/C58H61N4O.Pt/c1-55(2,3)40-23-27-51-49(34-40)48-25-24-47(37-53(48)62(51)54-35-41(28-29-59-54)56(4,5)6)63-46-21-17-20-45(36-46)61(13)52-26-22-39(38-18-15-14-16-19-38)30-50(52)60-44-32-42(57(7,8)9)31-43(33-44)58(10,11)12;/h14-35,60H,13H2,1-12H3;/q-3;. The third-order valence-electron chi connectivity index (χ3n) is 12.0. The molecule has 0 bridgehead atoms. The van der Waals surface area contributed by atoms with Crippen molar-refractivity contribution < 1.29 is 25.8 Å². The van der Waals surface area contributed by atoms with Crippen molar-refractivity contribution >= 4 is 44.6 Å². The van der Waals surface area contributed by atoms with Crippen LogP contribution < -0.4 is 15.0 Å². The third kappa shape index (κ3) is 9.71. The molecule has 0 fully saturated rings. The maximum Gasteiger partial charge on any atom is 0.135 e. The van der Waals surface area contributed by atoms with E-state index in [9.17, 15) is 0 Å². The van der Waals surface area contributed by atoms with E-state index in [2.05, 4.69) is 209 Å². The van der Waals surface area contributed by atoms with Crippen LogP contribution >= 0.6 is 0 Å². The van der Waals surface area contributed by atoms with Crippen molar-refractivity contribution in [2.24, 2.45) is 0 Å². The van der Waals surface area contributed by atoms with Gasteiger partial charge in [-0.25, -0.2) is 4.98 Å². The van der Waals surface area contributed by atoms with Gasteiger partial charge >= 0.3 is 0 Å². The minimum atomic E-state index is -0.0371. The predicted molar refractivity (Wildman–Crippen MR) is 267 cm³/mol. The Balaban J connectivity index is 0.00000612. The number of hydrogen-bond donors (Lipinski definition) is 1. The molecule has 6 heteroatoms. The van der Waals surface area contributed by atoms with Crippen molar-refractivity contribution in [2.45, 2.75) is 105 Å². The van der Waals surface area contributed by atoms with E-state index in [1.165, 1.54) is 22.3 Å². The molecule has 1 N–H and O–H groups in total. The van der Waals surface area contributed by atoms with Crippen LogP contribution in [0, 0.1) is 19.2 Å². The molecule has 0 atom stereocenters. The number of benzene rings is 6. The van der Waals surface area contributed by atoms with Gasteiger partial charge in [-0.1, -0.05) is 143 Å². The van der Waals surface area contributed by atoms with Gasteiger partial charge in [-0.3, -0.25) is 7.05 Å². The number of nitrogens with one attached hydrogen (secondary N) is 1. The largest absolute Gasteiger partial charge is 0.516 e. The first-order valence-corrected chi connectivity index (χ1v) is 22.0. The van der Waals surface area contributed by atoms with Crippen LogP contribution in [-0.2, 0) is 42.7 Å². The van der Waals surface area contributed by atoms with Crippen molar-refractivity contribution in [1.82, 2.24) is 9.55 Å². The Labute approximate surface area is 396 Å². The molecule has 2 heterocycles. The van der Waals surface area contributed by atoms with Gasteiger partial charge in [-0.15, -0.1) is 41.4 Å². The summed E-state index contributed by atoms with van der Waals surface area (Å²) in [4.78, 5) is 6.83. The van der Waals surface area contributed by atoms with Crippen LogP contribution in [0.25, 0.3) is 38.8 Å². The number of fused-ring (bicyclic) bond motifs is 3. The van der Waals surface area contributed by atoms with Gasteiger partial charge < -0.3 is 19.5 Å². The van der Waals surface area contributed by atoms with E-state index in [4.69, 9.17) is 9.72 Å². The zero-order valence-electron chi connectivity index (χ0n) is 39.5. The Morgan fingerprint density at radius 1 is 0.562 bits per heavy atom. The van der Waals surface area contributed by atoms with Crippen LogP contribution in [0.2, 0.25) is 0 Å². The van der Waals surface area contributed by atoms with Crippen molar-refractivity contribution in [1.29, 1.82) is 0 Å². The Bertz CT molecular complexity index is 2920. The van der Waals surface area contributed by atoms with Gasteiger partial charge in [0.2, 0.25) is 0 Å². The molecule has 2 aromatic heterocycles. The van der Waals surface area contributed by atoms with Gasteiger partial charge in [0.1, 0.15) is 5.82 Å². The maximum atomic E-state index is 6.63. The van der Waals surface area contributed by atoms with Crippen molar-refractivity contribution in [3.8, 4) is 28.4 Å². The van der Waals surface area contributed by atoms with Crippen LogP contribution in [0.5, 0.6) is 11.5 Å². The molecule has 0 amide bonds. The summed E-state index contributed by atoms with van der Waals surface area (Å²) in [6, 6.07) is 52.2. The summed E-state index contributed by atoms with van der Waals surface area (Å²) < 4.78 is 8.85. The molecule has 0 aliphatic carbocycles. The average molecular weight is 1030 g/mol. The van der Waals surface area contributed by atoms with Crippen LogP contribution in [0.4, 0.5) is 22.7 Å². The molecule has 0 radical (unpaired) electrons. The molecule has 0 spiro atoms. The number of pyridine rings is 1. The summed E-state index contributed by atoms with van der Waals surface area (Å²) in [6.07, 6.45) is 1.91. The van der Waals surface area contributed by atoms with E-state index in [-0.39, 0.29) is 42.7 Å². The zero-order valence-corrected chi connectivity index (χ0v) is 41.7. The molecule has 8 aromatic rings. The minimum absolute atomic E-state index is 0. The number of nitrogens with zero attached hydrogens (tertiary/aromatic N) is 3. The molecule has 0 aliphatic rings. The summed E-state index contributed by atoms with van der Waals surface area (Å²) in [5, 5.41) is 6.09. The zero-order chi connectivity index (χ0) is 45.1. The molecule has 0 saturated heterocycles. The number of aromatic nitrogens is 2. The Hall–Kier alpha value is -5.64. The van der Waals surface area contributed by atoms with Crippen LogP contribution in [-0.4, -0.2) is 9.55 Å². The van der Waals surface area contributed by atoms with E-state index < -0.39 is 0 Å². The molecule has 0 aliphatic heterocycles. The molecule has 0 unspecified atom stereocenters. The normalized spacial score (nSPS) is 12.3. The van der Waals surface area contributed by atoms with Gasteiger partial charge in [-0.2, -0.15) is 12.1 Å². The van der Waals surface area contributed by atoms with E-state index >= 15 is 0 Å². The number of hydrogen-bond acceptors (Lipinski definition) is 4. The quantitative estimate of drug-likeness (QED) is 0.154. The topological polar surface area (TPSA) is 42.3 Å². The summed E-state index contributed by atoms with van der Waals surface area (Å²) in [7, 11) is 4.59.